The lowest BCUT2D eigenvalue weighted by Crippen LogP contribution is -1.81. The van der Waals surface area contributed by atoms with Gasteiger partial charge in [-0.3, -0.25) is 0 Å². The van der Waals surface area contributed by atoms with E-state index in [-0.39, 0.29) is 0 Å². The van der Waals surface area contributed by atoms with E-state index in [2.05, 4.69) is 32.0 Å². The van der Waals surface area contributed by atoms with Gasteiger partial charge in [0.2, 0.25) is 0 Å². The summed E-state index contributed by atoms with van der Waals surface area (Å²) < 4.78 is 6.76. The van der Waals surface area contributed by atoms with Crippen molar-refractivity contribution in [2.24, 2.45) is 0 Å². The normalized spacial score (nSPS) is 11.6. The maximum Gasteiger partial charge on any atom is 0.174 e. The van der Waals surface area contributed by atoms with E-state index in [0.29, 0.717) is 16.4 Å². The number of benzene rings is 2. The molecule has 6 heteroatoms. The summed E-state index contributed by atoms with van der Waals surface area (Å²) in [7, 11) is 0. The van der Waals surface area contributed by atoms with Crippen LogP contribution < -0.4 is 0 Å². The molecule has 0 radical (unpaired) electrons. The van der Waals surface area contributed by atoms with E-state index in [1.807, 2.05) is 60.7 Å². The summed E-state index contributed by atoms with van der Waals surface area (Å²) in [6.45, 7) is 0. The lowest BCUT2D eigenvalue weighted by molar-refractivity contribution is 0.466. The predicted octanol–water partition coefficient (Wildman–Crippen LogP) is 6.13. The standard InChI is InChI=1S/C20H12BrN3OS/c21-15-5-3-4-13(10-15)14(12-22)11-16-8-9-19(25-16)26-20-23-17-6-1-2-7-18(17)24-20/h1-11H,(H,23,24)/b14-11+. The number of fused-ring (bicyclic) bond motifs is 1. The van der Waals surface area contributed by atoms with E-state index < -0.39 is 0 Å². The van der Waals surface area contributed by atoms with Crippen LogP contribution in [0.25, 0.3) is 22.7 Å². The van der Waals surface area contributed by atoms with Gasteiger partial charge in [0.25, 0.3) is 0 Å². The van der Waals surface area contributed by atoms with Crippen molar-refractivity contribution in [2.45, 2.75) is 10.2 Å². The number of furan rings is 1. The number of halogens is 1. The Hall–Kier alpha value is -2.75. The molecule has 0 saturated heterocycles. The molecule has 0 amide bonds. The van der Waals surface area contributed by atoms with Crippen molar-refractivity contribution in [3.63, 3.8) is 0 Å². The van der Waals surface area contributed by atoms with Gasteiger partial charge in [-0.25, -0.2) is 4.98 Å². The van der Waals surface area contributed by atoms with E-state index in [4.69, 9.17) is 4.42 Å². The zero-order valence-corrected chi connectivity index (χ0v) is 15.8. The molecule has 26 heavy (non-hydrogen) atoms. The number of hydrogen-bond acceptors (Lipinski definition) is 4. The zero-order valence-electron chi connectivity index (χ0n) is 13.4. The number of aromatic nitrogens is 2. The molecule has 0 fully saturated rings. The van der Waals surface area contributed by atoms with Crippen molar-refractivity contribution >= 4 is 50.4 Å². The molecule has 4 nitrogen and oxygen atoms in total. The molecule has 4 rings (SSSR count). The smallest absolute Gasteiger partial charge is 0.174 e. The highest BCUT2D eigenvalue weighted by Crippen LogP contribution is 2.30. The van der Waals surface area contributed by atoms with Crippen LogP contribution in [0, 0.1) is 11.3 Å². The van der Waals surface area contributed by atoms with Gasteiger partial charge in [0.1, 0.15) is 5.76 Å². The number of rotatable bonds is 4. The fourth-order valence-electron chi connectivity index (χ4n) is 2.52. The predicted molar refractivity (Wildman–Crippen MR) is 107 cm³/mol. The van der Waals surface area contributed by atoms with Crippen molar-refractivity contribution in [2.75, 3.05) is 0 Å². The van der Waals surface area contributed by atoms with Gasteiger partial charge in [0.15, 0.2) is 10.2 Å². The fourth-order valence-corrected chi connectivity index (χ4v) is 3.69. The van der Waals surface area contributed by atoms with Gasteiger partial charge in [-0.1, -0.05) is 40.2 Å². The molecule has 0 bridgehead atoms. The van der Waals surface area contributed by atoms with Crippen LogP contribution in [0.15, 0.2) is 79.8 Å². The minimum Gasteiger partial charge on any atom is -0.450 e. The molecule has 0 saturated carbocycles. The average Bonchev–Trinajstić information content (AvgIpc) is 3.25. The molecule has 2 aromatic heterocycles. The monoisotopic (exact) mass is 421 g/mol. The highest BCUT2D eigenvalue weighted by atomic mass is 79.9. The average molecular weight is 422 g/mol. The summed E-state index contributed by atoms with van der Waals surface area (Å²) in [6.07, 6.45) is 1.74. The Balaban J connectivity index is 1.58. The van der Waals surface area contributed by atoms with Gasteiger partial charge in [-0.15, -0.1) is 0 Å². The van der Waals surface area contributed by atoms with Gasteiger partial charge >= 0.3 is 0 Å². The van der Waals surface area contributed by atoms with Crippen molar-refractivity contribution in [1.29, 1.82) is 5.26 Å². The van der Waals surface area contributed by atoms with Crippen LogP contribution in [0.3, 0.4) is 0 Å². The second kappa shape index (κ2) is 7.24. The van der Waals surface area contributed by atoms with Crippen LogP contribution in [-0.2, 0) is 0 Å². The van der Waals surface area contributed by atoms with Crippen molar-refractivity contribution in [3.8, 4) is 6.07 Å². The maximum absolute atomic E-state index is 9.46. The summed E-state index contributed by atoms with van der Waals surface area (Å²) in [4.78, 5) is 7.78. The molecular formula is C20H12BrN3OS. The quantitative estimate of drug-likeness (QED) is 0.402. The van der Waals surface area contributed by atoms with Crippen molar-refractivity contribution in [3.05, 3.63) is 76.5 Å². The second-order valence-electron chi connectivity index (χ2n) is 5.50. The topological polar surface area (TPSA) is 65.6 Å². The first-order chi connectivity index (χ1) is 12.7. The molecular weight excluding hydrogens is 410 g/mol. The fraction of sp³-hybridized carbons (Fsp3) is 0. The first-order valence-corrected chi connectivity index (χ1v) is 9.42. The minimum absolute atomic E-state index is 0.543. The van der Waals surface area contributed by atoms with E-state index in [9.17, 15) is 5.26 Å². The SMILES string of the molecule is N#C/C(=C\c1ccc(Sc2nc3ccccc3[nH]2)o1)c1cccc(Br)c1. The van der Waals surface area contributed by atoms with Crippen LogP contribution in [0.5, 0.6) is 0 Å². The molecule has 0 unspecified atom stereocenters. The Morgan fingerprint density at radius 1 is 1.15 bits per heavy atom. The maximum atomic E-state index is 9.46. The molecule has 1 N–H and O–H groups in total. The first kappa shape index (κ1) is 16.7. The number of H-pyrrole nitrogens is 1. The number of nitrogens with zero attached hydrogens (tertiary/aromatic N) is 2. The highest BCUT2D eigenvalue weighted by molar-refractivity contribution is 9.10. The summed E-state index contributed by atoms with van der Waals surface area (Å²) in [5.41, 5.74) is 3.29. The lowest BCUT2D eigenvalue weighted by atomic mass is 10.1. The third-order valence-corrected chi connectivity index (χ3v) is 5.01. The Morgan fingerprint density at radius 3 is 2.85 bits per heavy atom. The molecule has 2 aromatic carbocycles. The largest absolute Gasteiger partial charge is 0.450 e. The van der Waals surface area contributed by atoms with Gasteiger partial charge < -0.3 is 9.40 Å². The lowest BCUT2D eigenvalue weighted by Gasteiger charge is -1.99. The van der Waals surface area contributed by atoms with Gasteiger partial charge in [0.05, 0.1) is 22.7 Å². The Labute approximate surface area is 162 Å². The van der Waals surface area contributed by atoms with Crippen molar-refractivity contribution in [1.82, 2.24) is 9.97 Å². The van der Waals surface area contributed by atoms with E-state index >= 15 is 0 Å². The van der Waals surface area contributed by atoms with Crippen LogP contribution in [-0.4, -0.2) is 9.97 Å². The molecule has 0 spiro atoms. The highest BCUT2D eigenvalue weighted by Gasteiger charge is 2.09. The summed E-state index contributed by atoms with van der Waals surface area (Å²) >= 11 is 4.84. The molecule has 4 aromatic rings. The van der Waals surface area contributed by atoms with Crippen LogP contribution in [0.4, 0.5) is 0 Å². The summed E-state index contributed by atoms with van der Waals surface area (Å²) in [5.74, 6) is 0.625. The van der Waals surface area contributed by atoms with Gasteiger partial charge in [-0.2, -0.15) is 5.26 Å². The number of para-hydroxylation sites is 2. The number of hydrogen-bond donors (Lipinski definition) is 1. The zero-order chi connectivity index (χ0) is 17.9. The number of nitriles is 1. The Bertz CT molecular complexity index is 1120. The molecule has 0 aliphatic rings. The number of allylic oxidation sites excluding steroid dienone is 1. The Kier molecular flexibility index (Phi) is 4.65. The molecule has 2 heterocycles. The second-order valence-corrected chi connectivity index (χ2v) is 7.41. The number of imidazole rings is 1. The van der Waals surface area contributed by atoms with Crippen LogP contribution >= 0.6 is 27.7 Å². The third-order valence-electron chi connectivity index (χ3n) is 3.71. The molecule has 0 aliphatic carbocycles. The summed E-state index contributed by atoms with van der Waals surface area (Å²) in [5, 5.41) is 10.9. The Morgan fingerprint density at radius 2 is 2.04 bits per heavy atom. The first-order valence-electron chi connectivity index (χ1n) is 7.81. The van der Waals surface area contributed by atoms with E-state index in [1.165, 1.54) is 11.8 Å². The van der Waals surface area contributed by atoms with E-state index in [1.54, 1.807) is 6.08 Å². The van der Waals surface area contributed by atoms with Gasteiger partial charge in [0, 0.05) is 4.47 Å². The van der Waals surface area contributed by atoms with Crippen molar-refractivity contribution < 1.29 is 4.42 Å². The number of nitrogens with one attached hydrogen (secondary N) is 1. The van der Waals surface area contributed by atoms with Crippen LogP contribution in [0.1, 0.15) is 11.3 Å². The molecule has 0 aliphatic heterocycles. The number of aromatic amines is 1. The molecule has 0 atom stereocenters. The molecule has 126 valence electrons. The van der Waals surface area contributed by atoms with E-state index in [0.717, 1.165) is 26.2 Å². The summed E-state index contributed by atoms with van der Waals surface area (Å²) in [6, 6.07) is 21.4. The minimum atomic E-state index is 0.543. The third kappa shape index (κ3) is 3.59. The van der Waals surface area contributed by atoms with Crippen LogP contribution in [0.2, 0.25) is 0 Å². The van der Waals surface area contributed by atoms with Gasteiger partial charge in [-0.05, 0) is 59.8 Å².